The van der Waals surface area contributed by atoms with Crippen molar-refractivity contribution in [3.8, 4) is 11.5 Å². The molecule has 0 fully saturated rings. The number of ether oxygens (including phenoxy) is 2. The van der Waals surface area contributed by atoms with Crippen molar-refractivity contribution in [3.63, 3.8) is 0 Å². The van der Waals surface area contributed by atoms with Crippen LogP contribution in [0.1, 0.15) is 16.7 Å². The normalized spacial score (nSPS) is 11.0. The van der Waals surface area contributed by atoms with Crippen molar-refractivity contribution in [3.05, 3.63) is 88.2 Å². The zero-order valence-electron chi connectivity index (χ0n) is 15.1. The summed E-state index contributed by atoms with van der Waals surface area (Å²) >= 11 is 6.12. The van der Waals surface area contributed by atoms with E-state index in [4.69, 9.17) is 21.1 Å². The molecule has 5 heteroatoms. The van der Waals surface area contributed by atoms with Crippen LogP contribution in [0.15, 0.2) is 65.7 Å². The van der Waals surface area contributed by atoms with Crippen molar-refractivity contribution in [1.82, 2.24) is 0 Å². The molecule has 0 N–H and O–H groups in total. The van der Waals surface area contributed by atoms with Crippen molar-refractivity contribution in [2.45, 2.75) is 13.5 Å². The van der Waals surface area contributed by atoms with E-state index in [1.807, 2.05) is 37.3 Å². The number of hydrogen-bond acceptors (Lipinski definition) is 3. The Bertz CT molecular complexity index is 972. The van der Waals surface area contributed by atoms with Gasteiger partial charge in [-0.05, 0) is 54.4 Å². The van der Waals surface area contributed by atoms with Gasteiger partial charge in [0.2, 0.25) is 0 Å². The van der Waals surface area contributed by atoms with Gasteiger partial charge in [0.1, 0.15) is 12.4 Å². The molecule has 0 radical (unpaired) electrons. The molecule has 3 nitrogen and oxygen atoms in total. The quantitative estimate of drug-likeness (QED) is 0.479. The van der Waals surface area contributed by atoms with Gasteiger partial charge in [0.05, 0.1) is 12.8 Å². The van der Waals surface area contributed by atoms with E-state index in [0.717, 1.165) is 16.8 Å². The number of nitrogens with zero attached hydrogens (tertiary/aromatic N) is 1. The molecule has 0 saturated carbocycles. The topological polar surface area (TPSA) is 30.8 Å². The molecule has 0 aromatic heterocycles. The average Bonchev–Trinajstić information content (AvgIpc) is 2.68. The largest absolute Gasteiger partial charge is 0.493 e. The molecule has 0 amide bonds. The van der Waals surface area contributed by atoms with E-state index in [-0.39, 0.29) is 12.4 Å². The fourth-order valence-electron chi connectivity index (χ4n) is 2.47. The third-order valence-corrected chi connectivity index (χ3v) is 4.45. The highest BCUT2D eigenvalue weighted by atomic mass is 35.5. The number of aryl methyl sites for hydroxylation is 1. The zero-order chi connectivity index (χ0) is 19.2. The lowest BCUT2D eigenvalue weighted by Gasteiger charge is -2.11. The van der Waals surface area contributed by atoms with Crippen molar-refractivity contribution in [2.75, 3.05) is 7.11 Å². The summed E-state index contributed by atoms with van der Waals surface area (Å²) in [5, 5.41) is 0.680. The second kappa shape index (κ2) is 8.69. The Hall–Kier alpha value is -2.85. The number of rotatable bonds is 6. The number of aliphatic imine (C=N–C) groups is 1. The second-order valence-corrected chi connectivity index (χ2v) is 6.39. The molecule has 27 heavy (non-hydrogen) atoms. The first kappa shape index (κ1) is 18.9. The minimum atomic E-state index is -0.294. The molecular weight excluding hydrogens is 365 g/mol. The molecule has 3 rings (SSSR count). The molecule has 0 unspecified atom stereocenters. The summed E-state index contributed by atoms with van der Waals surface area (Å²) in [6.07, 6.45) is 1.73. The predicted molar refractivity (Wildman–Crippen MR) is 107 cm³/mol. The lowest BCUT2D eigenvalue weighted by Crippen LogP contribution is -2.00. The summed E-state index contributed by atoms with van der Waals surface area (Å²) in [7, 11) is 1.56. The Morgan fingerprint density at radius 1 is 1.04 bits per heavy atom. The molecule has 3 aromatic carbocycles. The van der Waals surface area contributed by atoms with Crippen LogP contribution >= 0.6 is 11.6 Å². The SMILES string of the molecule is COc1cc(C=Nc2ccc(C)c(Cl)c2)ccc1OCc1ccccc1F. The Morgan fingerprint density at radius 2 is 1.85 bits per heavy atom. The fourth-order valence-corrected chi connectivity index (χ4v) is 2.64. The van der Waals surface area contributed by atoms with E-state index >= 15 is 0 Å². The van der Waals surface area contributed by atoms with Gasteiger partial charge >= 0.3 is 0 Å². The van der Waals surface area contributed by atoms with Crippen LogP contribution in [0, 0.1) is 12.7 Å². The van der Waals surface area contributed by atoms with Gasteiger partial charge in [0.15, 0.2) is 11.5 Å². The van der Waals surface area contributed by atoms with Crippen LogP contribution < -0.4 is 9.47 Å². The van der Waals surface area contributed by atoms with Gasteiger partial charge in [-0.25, -0.2) is 4.39 Å². The maximum atomic E-state index is 13.7. The summed E-state index contributed by atoms with van der Waals surface area (Å²) in [6, 6.07) is 17.6. The van der Waals surface area contributed by atoms with Crippen molar-refractivity contribution in [1.29, 1.82) is 0 Å². The highest BCUT2D eigenvalue weighted by molar-refractivity contribution is 6.31. The maximum Gasteiger partial charge on any atom is 0.161 e. The Labute approximate surface area is 163 Å². The van der Waals surface area contributed by atoms with Crippen LogP contribution in [0.4, 0.5) is 10.1 Å². The predicted octanol–water partition coefficient (Wildman–Crippen LogP) is 6.13. The molecular formula is C22H19ClFNO2. The summed E-state index contributed by atoms with van der Waals surface area (Å²) in [5.74, 6) is 0.797. The third-order valence-electron chi connectivity index (χ3n) is 4.05. The summed E-state index contributed by atoms with van der Waals surface area (Å²) in [4.78, 5) is 4.43. The summed E-state index contributed by atoms with van der Waals surface area (Å²) < 4.78 is 24.8. The van der Waals surface area contributed by atoms with Crippen LogP contribution in [-0.4, -0.2) is 13.3 Å². The molecule has 0 aliphatic rings. The van der Waals surface area contributed by atoms with E-state index in [1.54, 1.807) is 37.6 Å². The fraction of sp³-hybridized carbons (Fsp3) is 0.136. The smallest absolute Gasteiger partial charge is 0.161 e. The zero-order valence-corrected chi connectivity index (χ0v) is 15.8. The van der Waals surface area contributed by atoms with Crippen LogP contribution in [0.3, 0.4) is 0 Å². The van der Waals surface area contributed by atoms with Crippen molar-refractivity contribution in [2.24, 2.45) is 4.99 Å². The van der Waals surface area contributed by atoms with Crippen molar-refractivity contribution >= 4 is 23.5 Å². The summed E-state index contributed by atoms with van der Waals surface area (Å²) in [5.41, 5.74) is 3.11. The highest BCUT2D eigenvalue weighted by Crippen LogP contribution is 2.29. The van der Waals surface area contributed by atoms with Crippen LogP contribution in [0.25, 0.3) is 0 Å². The van der Waals surface area contributed by atoms with Crippen molar-refractivity contribution < 1.29 is 13.9 Å². The van der Waals surface area contributed by atoms with E-state index in [1.165, 1.54) is 6.07 Å². The van der Waals surface area contributed by atoms with E-state index in [2.05, 4.69) is 4.99 Å². The molecule has 0 aliphatic heterocycles. The van der Waals surface area contributed by atoms with E-state index in [9.17, 15) is 4.39 Å². The lowest BCUT2D eigenvalue weighted by atomic mass is 10.2. The first-order valence-corrected chi connectivity index (χ1v) is 8.79. The van der Waals surface area contributed by atoms with Gasteiger partial charge in [-0.15, -0.1) is 0 Å². The number of halogens is 2. The number of methoxy groups -OCH3 is 1. The number of benzene rings is 3. The molecule has 0 spiro atoms. The van der Waals surface area contributed by atoms with Gasteiger partial charge < -0.3 is 9.47 Å². The summed E-state index contributed by atoms with van der Waals surface area (Å²) in [6.45, 7) is 2.07. The van der Waals surface area contributed by atoms with Gasteiger partial charge in [-0.3, -0.25) is 4.99 Å². The van der Waals surface area contributed by atoms with E-state index in [0.29, 0.717) is 22.1 Å². The Balaban J connectivity index is 1.74. The highest BCUT2D eigenvalue weighted by Gasteiger charge is 2.07. The standard InChI is InChI=1S/C22H19ClFNO2/c1-15-7-9-18(12-19(15)23)25-13-16-8-10-21(22(11-16)26-2)27-14-17-5-3-4-6-20(17)24/h3-13H,14H2,1-2H3. The van der Waals surface area contributed by atoms with Gasteiger partial charge in [-0.1, -0.05) is 35.9 Å². The Morgan fingerprint density at radius 3 is 2.59 bits per heavy atom. The lowest BCUT2D eigenvalue weighted by molar-refractivity contribution is 0.279. The average molecular weight is 384 g/mol. The minimum absolute atomic E-state index is 0.123. The minimum Gasteiger partial charge on any atom is -0.493 e. The van der Waals surface area contributed by atoms with Crippen LogP contribution in [0.5, 0.6) is 11.5 Å². The molecule has 0 heterocycles. The van der Waals surface area contributed by atoms with Gasteiger partial charge in [0.25, 0.3) is 0 Å². The maximum absolute atomic E-state index is 13.7. The first-order valence-electron chi connectivity index (χ1n) is 8.41. The second-order valence-electron chi connectivity index (χ2n) is 5.98. The molecule has 0 bridgehead atoms. The molecule has 0 saturated heterocycles. The van der Waals surface area contributed by atoms with Crippen LogP contribution in [-0.2, 0) is 6.61 Å². The Kier molecular flexibility index (Phi) is 6.09. The monoisotopic (exact) mass is 383 g/mol. The number of hydrogen-bond donors (Lipinski definition) is 0. The first-order chi connectivity index (χ1) is 13.1. The molecule has 138 valence electrons. The van der Waals surface area contributed by atoms with E-state index < -0.39 is 0 Å². The third kappa shape index (κ3) is 4.86. The van der Waals surface area contributed by atoms with Gasteiger partial charge in [-0.2, -0.15) is 0 Å². The molecule has 0 aliphatic carbocycles. The van der Waals surface area contributed by atoms with Crippen LogP contribution in [0.2, 0.25) is 5.02 Å². The van der Waals surface area contributed by atoms with Gasteiger partial charge in [0, 0.05) is 16.8 Å². The molecule has 3 aromatic rings. The molecule has 0 atom stereocenters.